The average Bonchev–Trinajstić information content (AvgIpc) is 2.45. The van der Waals surface area contributed by atoms with E-state index in [1.165, 1.54) is 0 Å². The number of rotatable bonds is 7. The van der Waals surface area contributed by atoms with Crippen molar-refractivity contribution in [2.45, 2.75) is 38.8 Å². The fourth-order valence-corrected chi connectivity index (χ4v) is 2.01. The normalized spacial score (nSPS) is 12.3. The highest BCUT2D eigenvalue weighted by molar-refractivity contribution is 6.24. The number of carbonyl (C=O) groups is 2. The molecule has 0 unspecified atom stereocenters. The number of carbonyl (C=O) groups excluding carboxylic acids is 2. The molecule has 114 valence electrons. The van der Waals surface area contributed by atoms with Crippen molar-refractivity contribution in [3.63, 3.8) is 0 Å². The molecule has 0 aliphatic carbocycles. The van der Waals surface area contributed by atoms with E-state index in [-0.39, 0.29) is 12.7 Å². The molecule has 0 heterocycles. The van der Waals surface area contributed by atoms with Gasteiger partial charge in [-0.2, -0.15) is 13.2 Å². The monoisotopic (exact) mass is 298 g/mol. The molecule has 0 fully saturated rings. The number of ketones is 1. The van der Waals surface area contributed by atoms with Crippen LogP contribution in [-0.4, -0.2) is 18.2 Å². The smallest absolute Gasteiger partial charge is 0.295 e. The maximum absolute atomic E-state index is 12.9. The Labute approximate surface area is 121 Å². The quantitative estimate of drug-likeness (QED) is 0.435. The van der Waals surface area contributed by atoms with Crippen LogP contribution in [0.1, 0.15) is 30.9 Å². The molecule has 0 aromatic heterocycles. The fourth-order valence-electron chi connectivity index (χ4n) is 2.01. The number of halogens is 3. The summed E-state index contributed by atoms with van der Waals surface area (Å²) >= 11 is 0. The predicted molar refractivity (Wildman–Crippen MR) is 74.0 cm³/mol. The molecule has 5 heteroatoms. The second-order valence-electron chi connectivity index (χ2n) is 4.64. The molecule has 0 spiro atoms. The van der Waals surface area contributed by atoms with E-state index in [2.05, 4.69) is 0 Å². The van der Waals surface area contributed by atoms with Gasteiger partial charge in [0.1, 0.15) is 0 Å². The van der Waals surface area contributed by atoms with E-state index in [1.54, 1.807) is 12.1 Å². The minimum absolute atomic E-state index is 0.0559. The molecular weight excluding hydrogens is 281 g/mol. The number of allylic oxidation sites excluding steroid dienone is 2. The summed E-state index contributed by atoms with van der Waals surface area (Å²) in [6.45, 7) is 1.94. The minimum Gasteiger partial charge on any atom is -0.295 e. The van der Waals surface area contributed by atoms with Crippen LogP contribution in [0, 0.1) is 0 Å². The van der Waals surface area contributed by atoms with Crippen molar-refractivity contribution in [1.82, 2.24) is 0 Å². The number of aryl methyl sites for hydroxylation is 1. The molecule has 2 nitrogen and oxygen atoms in total. The summed E-state index contributed by atoms with van der Waals surface area (Å²) in [5.74, 6) is -0.820. The van der Waals surface area contributed by atoms with Crippen LogP contribution in [0.2, 0.25) is 0 Å². The van der Waals surface area contributed by atoms with Crippen molar-refractivity contribution >= 4 is 12.1 Å². The van der Waals surface area contributed by atoms with Crippen molar-refractivity contribution in [1.29, 1.82) is 0 Å². The number of hydrogen-bond acceptors (Lipinski definition) is 2. The molecular formula is C16H17F3O2. The topological polar surface area (TPSA) is 34.1 Å². The molecule has 1 aromatic rings. The van der Waals surface area contributed by atoms with Gasteiger partial charge >= 0.3 is 6.18 Å². The average molecular weight is 298 g/mol. The van der Waals surface area contributed by atoms with Crippen molar-refractivity contribution in [2.24, 2.45) is 0 Å². The van der Waals surface area contributed by atoms with E-state index >= 15 is 0 Å². The largest absolute Gasteiger partial charge is 0.412 e. The molecule has 1 rings (SSSR count). The third-order valence-corrected chi connectivity index (χ3v) is 3.20. The maximum atomic E-state index is 12.9. The molecule has 21 heavy (non-hydrogen) atoms. The van der Waals surface area contributed by atoms with Crippen LogP contribution in [0.3, 0.4) is 0 Å². The number of aldehydes is 1. The molecule has 0 aliphatic heterocycles. The van der Waals surface area contributed by atoms with Gasteiger partial charge in [-0.1, -0.05) is 37.3 Å². The zero-order valence-electron chi connectivity index (χ0n) is 11.7. The predicted octanol–water partition coefficient (Wildman–Crippen LogP) is 3.83. The Morgan fingerprint density at radius 2 is 1.76 bits per heavy atom. The van der Waals surface area contributed by atoms with Crippen LogP contribution in [0.25, 0.3) is 0 Å². The first kappa shape index (κ1) is 17.1. The molecule has 1 aromatic carbocycles. The second kappa shape index (κ2) is 7.76. The Balaban J connectivity index is 2.88. The highest BCUT2D eigenvalue weighted by Gasteiger charge is 2.33. The van der Waals surface area contributed by atoms with E-state index in [0.717, 1.165) is 23.6 Å². The third-order valence-electron chi connectivity index (χ3n) is 3.20. The first-order chi connectivity index (χ1) is 9.88. The van der Waals surface area contributed by atoms with Gasteiger partial charge in [0.2, 0.25) is 0 Å². The van der Waals surface area contributed by atoms with E-state index < -0.39 is 30.4 Å². The van der Waals surface area contributed by atoms with Gasteiger partial charge < -0.3 is 0 Å². The first-order valence-electron chi connectivity index (χ1n) is 6.69. The number of hydrogen-bond donors (Lipinski definition) is 0. The van der Waals surface area contributed by atoms with Gasteiger partial charge in [0.15, 0.2) is 12.1 Å². The van der Waals surface area contributed by atoms with E-state index in [4.69, 9.17) is 0 Å². The van der Waals surface area contributed by atoms with Gasteiger partial charge in [0, 0.05) is 12.0 Å². The number of Topliss-reactive ketones (excluding diaryl/α,β-unsaturated/α-hetero) is 1. The zero-order valence-corrected chi connectivity index (χ0v) is 11.7. The molecule has 0 atom stereocenters. The maximum Gasteiger partial charge on any atom is 0.412 e. The van der Waals surface area contributed by atoms with Crippen molar-refractivity contribution in [3.8, 4) is 0 Å². The molecule has 0 saturated carbocycles. The van der Waals surface area contributed by atoms with Crippen LogP contribution in [0.4, 0.5) is 13.2 Å². The zero-order chi connectivity index (χ0) is 15.9. The summed E-state index contributed by atoms with van der Waals surface area (Å²) in [6, 6.07) is 7.30. The molecule has 0 N–H and O–H groups in total. The number of alkyl halides is 3. The van der Waals surface area contributed by atoms with Crippen LogP contribution in [0.5, 0.6) is 0 Å². The van der Waals surface area contributed by atoms with Crippen molar-refractivity contribution in [2.75, 3.05) is 0 Å². The van der Waals surface area contributed by atoms with Crippen LogP contribution < -0.4 is 0 Å². The van der Waals surface area contributed by atoms with Gasteiger partial charge in [0.05, 0.1) is 0 Å². The second-order valence-corrected chi connectivity index (χ2v) is 4.64. The molecule has 0 amide bonds. The highest BCUT2D eigenvalue weighted by atomic mass is 19.4. The van der Waals surface area contributed by atoms with Crippen molar-refractivity contribution < 1.29 is 22.8 Å². The molecule has 0 saturated heterocycles. The standard InChI is InChI=1S/C16H17F3O2/c1-2-12-5-3-4-6-13(12)7-8-14(16(17,18)19)9-10-15(21)11-20/h3-6,8,11H,2,7,9-10H2,1H3/b14-8+. The van der Waals surface area contributed by atoms with Gasteiger partial charge in [-0.3, -0.25) is 9.59 Å². The summed E-state index contributed by atoms with van der Waals surface area (Å²) in [5, 5.41) is 0. The Morgan fingerprint density at radius 3 is 2.29 bits per heavy atom. The molecule has 0 aliphatic rings. The minimum atomic E-state index is -4.48. The van der Waals surface area contributed by atoms with Crippen LogP contribution >= 0.6 is 0 Å². The summed E-state index contributed by atoms with van der Waals surface area (Å²) in [6.07, 6.45) is -3.29. The summed E-state index contributed by atoms with van der Waals surface area (Å²) in [5.41, 5.74) is 1.08. The Bertz CT molecular complexity index is 531. The van der Waals surface area contributed by atoms with E-state index in [0.29, 0.717) is 0 Å². The summed E-state index contributed by atoms with van der Waals surface area (Å²) in [4.78, 5) is 21.0. The van der Waals surface area contributed by atoms with Gasteiger partial charge in [-0.05, 0) is 30.4 Å². The summed E-state index contributed by atoms with van der Waals surface area (Å²) < 4.78 is 38.7. The summed E-state index contributed by atoms with van der Waals surface area (Å²) in [7, 11) is 0. The van der Waals surface area contributed by atoms with Gasteiger partial charge in [-0.25, -0.2) is 0 Å². The SMILES string of the molecule is CCc1ccccc1C/C=C(\CCC(=O)C=O)C(F)(F)F. The number of benzene rings is 1. The fraction of sp³-hybridized carbons (Fsp3) is 0.375. The van der Waals surface area contributed by atoms with E-state index in [9.17, 15) is 22.8 Å². The highest BCUT2D eigenvalue weighted by Crippen LogP contribution is 2.29. The van der Waals surface area contributed by atoms with Crippen LogP contribution in [0.15, 0.2) is 35.9 Å². The van der Waals surface area contributed by atoms with Gasteiger partial charge in [-0.15, -0.1) is 0 Å². The molecule has 0 bridgehead atoms. The lowest BCUT2D eigenvalue weighted by Gasteiger charge is -2.12. The van der Waals surface area contributed by atoms with Crippen molar-refractivity contribution in [3.05, 3.63) is 47.0 Å². The lowest BCUT2D eigenvalue weighted by Crippen LogP contribution is -2.14. The lowest BCUT2D eigenvalue weighted by molar-refractivity contribution is -0.130. The lowest BCUT2D eigenvalue weighted by atomic mass is 9.99. The van der Waals surface area contributed by atoms with Gasteiger partial charge in [0.25, 0.3) is 0 Å². The third kappa shape index (κ3) is 5.53. The Hall–Kier alpha value is -1.91. The van der Waals surface area contributed by atoms with E-state index in [1.807, 2.05) is 19.1 Å². The van der Waals surface area contributed by atoms with Crippen LogP contribution in [-0.2, 0) is 22.4 Å². The Kier molecular flexibility index (Phi) is 6.34. The Morgan fingerprint density at radius 1 is 1.14 bits per heavy atom. The molecule has 0 radical (unpaired) electrons. The first-order valence-corrected chi connectivity index (χ1v) is 6.69.